The number of nitrogens with one attached hydrogen (secondary N) is 1. The molecule has 1 heterocycles. The number of hydrogen-bond donors (Lipinski definition) is 2. The molecule has 5 nitrogen and oxygen atoms in total. The predicted octanol–water partition coefficient (Wildman–Crippen LogP) is 2.59. The van der Waals surface area contributed by atoms with Crippen molar-refractivity contribution in [1.82, 2.24) is 9.97 Å². The Balaban J connectivity index is 1.86. The van der Waals surface area contributed by atoms with Gasteiger partial charge in [-0.3, -0.25) is 0 Å². The number of hydrogen-bond acceptors (Lipinski definition) is 4. The zero-order valence-corrected chi connectivity index (χ0v) is 12.2. The van der Waals surface area contributed by atoms with E-state index in [1.165, 1.54) is 7.11 Å². The molecule has 0 aliphatic heterocycles. The number of rotatable bonds is 4. The molecule has 0 radical (unpaired) electrons. The summed E-state index contributed by atoms with van der Waals surface area (Å²) in [5.74, 6) is 0.340. The minimum Gasteiger partial charge on any atom is -0.465 e. The van der Waals surface area contributed by atoms with Gasteiger partial charge >= 0.3 is 5.97 Å². The van der Waals surface area contributed by atoms with E-state index in [0.717, 1.165) is 16.6 Å². The summed E-state index contributed by atoms with van der Waals surface area (Å²) in [6.45, 7) is 0. The van der Waals surface area contributed by atoms with E-state index in [-0.39, 0.29) is 12.0 Å². The monoisotopic (exact) mass is 295 g/mol. The van der Waals surface area contributed by atoms with E-state index in [0.29, 0.717) is 17.8 Å². The van der Waals surface area contributed by atoms with Gasteiger partial charge in [0.25, 0.3) is 0 Å². The van der Waals surface area contributed by atoms with Crippen LogP contribution in [0.5, 0.6) is 0 Å². The van der Waals surface area contributed by atoms with Crippen LogP contribution in [0.15, 0.2) is 48.5 Å². The SMILES string of the molecule is COC(=O)c1ccc2nc([C@@H](N)Cc3ccccc3)[nH]c2c1. The van der Waals surface area contributed by atoms with Crippen molar-refractivity contribution in [1.29, 1.82) is 0 Å². The summed E-state index contributed by atoms with van der Waals surface area (Å²) >= 11 is 0. The first-order valence-corrected chi connectivity index (χ1v) is 7.05. The Labute approximate surface area is 128 Å². The number of H-pyrrole nitrogens is 1. The molecule has 0 saturated carbocycles. The number of esters is 1. The highest BCUT2D eigenvalue weighted by atomic mass is 16.5. The van der Waals surface area contributed by atoms with E-state index in [4.69, 9.17) is 10.5 Å². The summed E-state index contributed by atoms with van der Waals surface area (Å²) in [7, 11) is 1.36. The molecule has 1 aromatic heterocycles. The third-order valence-corrected chi connectivity index (χ3v) is 3.57. The van der Waals surface area contributed by atoms with E-state index in [9.17, 15) is 4.79 Å². The number of carbonyl (C=O) groups excluding carboxylic acids is 1. The van der Waals surface area contributed by atoms with E-state index >= 15 is 0 Å². The highest BCUT2D eigenvalue weighted by Crippen LogP contribution is 2.19. The van der Waals surface area contributed by atoms with Crippen LogP contribution >= 0.6 is 0 Å². The summed E-state index contributed by atoms with van der Waals surface area (Å²) in [6, 6.07) is 15.0. The quantitative estimate of drug-likeness (QED) is 0.725. The average Bonchev–Trinajstić information content (AvgIpc) is 2.98. The summed E-state index contributed by atoms with van der Waals surface area (Å²) in [5, 5.41) is 0. The number of fused-ring (bicyclic) bond motifs is 1. The average molecular weight is 295 g/mol. The molecule has 2 aromatic carbocycles. The molecule has 3 aromatic rings. The van der Waals surface area contributed by atoms with Gasteiger partial charge in [0.2, 0.25) is 0 Å². The number of ether oxygens (including phenoxy) is 1. The number of imidazole rings is 1. The van der Waals surface area contributed by atoms with Crippen molar-refractivity contribution in [3.05, 3.63) is 65.5 Å². The first-order chi connectivity index (χ1) is 10.7. The van der Waals surface area contributed by atoms with Crippen molar-refractivity contribution >= 4 is 17.0 Å². The predicted molar refractivity (Wildman–Crippen MR) is 84.5 cm³/mol. The van der Waals surface area contributed by atoms with Gasteiger partial charge in [-0.2, -0.15) is 0 Å². The number of nitrogens with zero attached hydrogens (tertiary/aromatic N) is 1. The van der Waals surface area contributed by atoms with Gasteiger partial charge in [0.15, 0.2) is 0 Å². The van der Waals surface area contributed by atoms with Gasteiger partial charge in [0.05, 0.1) is 29.7 Å². The van der Waals surface area contributed by atoms with Crippen LogP contribution in [0.1, 0.15) is 27.8 Å². The molecule has 0 bridgehead atoms. The molecule has 3 N–H and O–H groups in total. The number of benzene rings is 2. The molecule has 1 atom stereocenters. The number of nitrogens with two attached hydrogens (primary N) is 1. The first-order valence-electron chi connectivity index (χ1n) is 7.05. The number of methoxy groups -OCH3 is 1. The second-order valence-corrected chi connectivity index (χ2v) is 5.14. The van der Waals surface area contributed by atoms with Gasteiger partial charge in [-0.25, -0.2) is 9.78 Å². The van der Waals surface area contributed by atoms with Crippen LogP contribution < -0.4 is 5.73 Å². The molecule has 0 unspecified atom stereocenters. The molecular weight excluding hydrogens is 278 g/mol. The topological polar surface area (TPSA) is 81.0 Å². The van der Waals surface area contributed by atoms with Gasteiger partial charge in [-0.15, -0.1) is 0 Å². The Morgan fingerprint density at radius 2 is 2.05 bits per heavy atom. The molecule has 112 valence electrons. The highest BCUT2D eigenvalue weighted by Gasteiger charge is 2.13. The molecule has 0 amide bonds. The van der Waals surface area contributed by atoms with Gasteiger partial charge in [-0.05, 0) is 30.2 Å². The zero-order chi connectivity index (χ0) is 15.5. The van der Waals surface area contributed by atoms with Crippen molar-refractivity contribution in [2.24, 2.45) is 5.73 Å². The Bertz CT molecular complexity index is 796. The van der Waals surface area contributed by atoms with Crippen LogP contribution in [-0.2, 0) is 11.2 Å². The molecule has 5 heteroatoms. The van der Waals surface area contributed by atoms with Crippen LogP contribution in [0.25, 0.3) is 11.0 Å². The lowest BCUT2D eigenvalue weighted by molar-refractivity contribution is 0.0601. The molecule has 0 fully saturated rings. The molecule has 0 aliphatic rings. The standard InChI is InChI=1S/C17H17N3O2/c1-22-17(21)12-7-8-14-15(10-12)20-16(19-14)13(18)9-11-5-3-2-4-6-11/h2-8,10,13H,9,18H2,1H3,(H,19,20)/t13-/m0/s1. The largest absolute Gasteiger partial charge is 0.465 e. The van der Waals surface area contributed by atoms with Crippen molar-refractivity contribution in [3.8, 4) is 0 Å². The lowest BCUT2D eigenvalue weighted by atomic mass is 10.1. The van der Waals surface area contributed by atoms with Crippen molar-refractivity contribution in [2.45, 2.75) is 12.5 Å². The summed E-state index contributed by atoms with van der Waals surface area (Å²) in [4.78, 5) is 19.3. The number of aromatic amines is 1. The maximum absolute atomic E-state index is 11.6. The van der Waals surface area contributed by atoms with Crippen molar-refractivity contribution < 1.29 is 9.53 Å². The van der Waals surface area contributed by atoms with E-state index in [1.54, 1.807) is 18.2 Å². The van der Waals surface area contributed by atoms with Crippen LogP contribution in [-0.4, -0.2) is 23.0 Å². The van der Waals surface area contributed by atoms with Crippen molar-refractivity contribution in [2.75, 3.05) is 7.11 Å². The minimum atomic E-state index is -0.369. The van der Waals surface area contributed by atoms with E-state index in [2.05, 4.69) is 9.97 Å². The number of aromatic nitrogens is 2. The second kappa shape index (κ2) is 5.99. The van der Waals surface area contributed by atoms with Gasteiger partial charge in [0.1, 0.15) is 5.82 Å². The Morgan fingerprint density at radius 1 is 1.27 bits per heavy atom. The molecule has 3 rings (SSSR count). The Morgan fingerprint density at radius 3 is 2.77 bits per heavy atom. The minimum absolute atomic E-state index is 0.226. The van der Waals surface area contributed by atoms with Crippen molar-refractivity contribution in [3.63, 3.8) is 0 Å². The van der Waals surface area contributed by atoms with Gasteiger partial charge in [0, 0.05) is 0 Å². The van der Waals surface area contributed by atoms with Gasteiger partial charge in [-0.1, -0.05) is 30.3 Å². The Kier molecular flexibility index (Phi) is 3.89. The maximum atomic E-state index is 11.6. The Hall–Kier alpha value is -2.66. The third kappa shape index (κ3) is 2.84. The fourth-order valence-corrected chi connectivity index (χ4v) is 2.41. The van der Waals surface area contributed by atoms with Gasteiger partial charge < -0.3 is 15.5 Å². The molecule has 0 spiro atoms. The lowest BCUT2D eigenvalue weighted by Gasteiger charge is -2.08. The fourth-order valence-electron chi connectivity index (χ4n) is 2.41. The smallest absolute Gasteiger partial charge is 0.337 e. The van der Waals surface area contributed by atoms with Crippen LogP contribution in [0.3, 0.4) is 0 Å². The normalized spacial score (nSPS) is 12.3. The van der Waals surface area contributed by atoms with Crippen LogP contribution in [0.4, 0.5) is 0 Å². The fraction of sp³-hybridized carbons (Fsp3) is 0.176. The summed E-state index contributed by atoms with van der Waals surface area (Å²) in [6.07, 6.45) is 0.699. The molecular formula is C17H17N3O2. The van der Waals surface area contributed by atoms with E-state index < -0.39 is 0 Å². The number of carbonyl (C=O) groups is 1. The highest BCUT2D eigenvalue weighted by molar-refractivity contribution is 5.93. The maximum Gasteiger partial charge on any atom is 0.337 e. The first kappa shape index (κ1) is 14.3. The lowest BCUT2D eigenvalue weighted by Crippen LogP contribution is -2.14. The van der Waals surface area contributed by atoms with Crippen LogP contribution in [0.2, 0.25) is 0 Å². The van der Waals surface area contributed by atoms with Crippen LogP contribution in [0, 0.1) is 0 Å². The second-order valence-electron chi connectivity index (χ2n) is 5.14. The third-order valence-electron chi connectivity index (χ3n) is 3.57. The molecule has 22 heavy (non-hydrogen) atoms. The zero-order valence-electron chi connectivity index (χ0n) is 12.2. The summed E-state index contributed by atoms with van der Waals surface area (Å²) < 4.78 is 4.72. The summed E-state index contributed by atoms with van der Waals surface area (Å²) in [5.41, 5.74) is 9.44. The van der Waals surface area contributed by atoms with E-state index in [1.807, 2.05) is 30.3 Å². The molecule has 0 aliphatic carbocycles. The molecule has 0 saturated heterocycles.